The van der Waals surface area contributed by atoms with E-state index in [0.29, 0.717) is 5.56 Å². The predicted octanol–water partition coefficient (Wildman–Crippen LogP) is 3.74. The summed E-state index contributed by atoms with van der Waals surface area (Å²) in [5, 5.41) is 13.6. The molecule has 1 N–H and O–H groups in total. The molecule has 0 unspecified atom stereocenters. The van der Waals surface area contributed by atoms with E-state index >= 15 is 0 Å². The Morgan fingerprint density at radius 3 is 2.33 bits per heavy atom. The molecule has 9 nitrogen and oxygen atoms in total. The SMILES string of the molecule is COc1cc([N+](=O)[O-])ccc1NC(=O)CN(Cc1ccccc1)S(=O)(=O)c1ccc(C)cc1. The van der Waals surface area contributed by atoms with Crippen molar-refractivity contribution in [3.05, 3.63) is 94.0 Å². The van der Waals surface area contributed by atoms with Gasteiger partial charge in [0, 0.05) is 12.6 Å². The minimum absolute atomic E-state index is 0.0120. The summed E-state index contributed by atoms with van der Waals surface area (Å²) in [5.41, 5.74) is 1.62. The second kappa shape index (κ2) is 10.2. The minimum atomic E-state index is -3.99. The number of ether oxygens (including phenoxy) is 1. The Bertz CT molecular complexity index is 1240. The van der Waals surface area contributed by atoms with E-state index in [-0.39, 0.29) is 28.6 Å². The van der Waals surface area contributed by atoms with Crippen molar-refractivity contribution in [1.29, 1.82) is 0 Å². The monoisotopic (exact) mass is 469 g/mol. The van der Waals surface area contributed by atoms with Gasteiger partial charge in [-0.1, -0.05) is 48.0 Å². The summed E-state index contributed by atoms with van der Waals surface area (Å²) in [7, 11) is -2.67. The van der Waals surface area contributed by atoms with Gasteiger partial charge in [0.1, 0.15) is 5.75 Å². The topological polar surface area (TPSA) is 119 Å². The van der Waals surface area contributed by atoms with Crippen LogP contribution in [0.5, 0.6) is 5.75 Å². The molecule has 0 aliphatic heterocycles. The first-order chi connectivity index (χ1) is 15.7. The first kappa shape index (κ1) is 23.9. The molecule has 33 heavy (non-hydrogen) atoms. The Kier molecular flexibility index (Phi) is 7.41. The van der Waals surface area contributed by atoms with Gasteiger partial charge in [-0.05, 0) is 30.7 Å². The van der Waals surface area contributed by atoms with Crippen molar-refractivity contribution in [2.24, 2.45) is 0 Å². The van der Waals surface area contributed by atoms with Gasteiger partial charge in [0.05, 0.1) is 35.2 Å². The molecule has 3 aromatic carbocycles. The highest BCUT2D eigenvalue weighted by molar-refractivity contribution is 7.89. The van der Waals surface area contributed by atoms with Gasteiger partial charge in [0.15, 0.2) is 0 Å². The lowest BCUT2D eigenvalue weighted by Gasteiger charge is -2.22. The zero-order valence-electron chi connectivity index (χ0n) is 18.1. The lowest BCUT2D eigenvalue weighted by Crippen LogP contribution is -2.37. The third-order valence-electron chi connectivity index (χ3n) is 4.85. The number of hydrogen-bond donors (Lipinski definition) is 1. The fourth-order valence-corrected chi connectivity index (χ4v) is 4.50. The standard InChI is InChI=1S/C23H23N3O6S/c1-17-8-11-20(12-9-17)33(30,31)25(15-18-6-4-3-5-7-18)16-23(27)24-21-13-10-19(26(28)29)14-22(21)32-2/h3-14H,15-16H2,1-2H3,(H,24,27). The van der Waals surface area contributed by atoms with Crippen LogP contribution in [0.1, 0.15) is 11.1 Å². The van der Waals surface area contributed by atoms with Crippen LogP contribution in [0, 0.1) is 17.0 Å². The molecule has 0 spiro atoms. The fraction of sp³-hybridized carbons (Fsp3) is 0.174. The minimum Gasteiger partial charge on any atom is -0.494 e. The van der Waals surface area contributed by atoms with Crippen LogP contribution in [0.2, 0.25) is 0 Å². The Balaban J connectivity index is 1.87. The molecule has 0 aliphatic rings. The van der Waals surface area contributed by atoms with E-state index in [1.165, 1.54) is 37.4 Å². The Morgan fingerprint density at radius 1 is 1.06 bits per heavy atom. The summed E-state index contributed by atoms with van der Waals surface area (Å²) < 4.78 is 32.9. The van der Waals surface area contributed by atoms with Crippen molar-refractivity contribution in [3.8, 4) is 5.75 Å². The van der Waals surface area contributed by atoms with Gasteiger partial charge in [-0.3, -0.25) is 14.9 Å². The normalized spacial score (nSPS) is 11.2. The molecule has 10 heteroatoms. The van der Waals surface area contributed by atoms with Crippen molar-refractivity contribution >= 4 is 27.3 Å². The largest absolute Gasteiger partial charge is 0.494 e. The number of nitro benzene ring substituents is 1. The third kappa shape index (κ3) is 5.93. The number of nitro groups is 1. The first-order valence-electron chi connectivity index (χ1n) is 9.93. The number of benzene rings is 3. The van der Waals surface area contributed by atoms with Crippen molar-refractivity contribution in [2.45, 2.75) is 18.4 Å². The van der Waals surface area contributed by atoms with Crippen molar-refractivity contribution < 1.29 is 22.9 Å². The van der Waals surface area contributed by atoms with Crippen LogP contribution < -0.4 is 10.1 Å². The van der Waals surface area contributed by atoms with Gasteiger partial charge < -0.3 is 10.1 Å². The zero-order valence-corrected chi connectivity index (χ0v) is 18.9. The molecule has 0 aromatic heterocycles. The summed E-state index contributed by atoms with van der Waals surface area (Å²) in [5.74, 6) is -0.526. The van der Waals surface area contributed by atoms with Crippen molar-refractivity contribution in [3.63, 3.8) is 0 Å². The number of amides is 1. The number of rotatable bonds is 9. The Hall–Kier alpha value is -3.76. The van der Waals surface area contributed by atoms with Gasteiger partial charge in [0.25, 0.3) is 5.69 Å². The van der Waals surface area contributed by atoms with E-state index in [0.717, 1.165) is 9.87 Å². The molecular formula is C23H23N3O6S. The maximum Gasteiger partial charge on any atom is 0.273 e. The highest BCUT2D eigenvalue weighted by Crippen LogP contribution is 2.29. The number of nitrogens with one attached hydrogen (secondary N) is 1. The second-order valence-electron chi connectivity index (χ2n) is 7.26. The van der Waals surface area contributed by atoms with Crippen LogP contribution in [-0.2, 0) is 21.4 Å². The van der Waals surface area contributed by atoms with Crippen molar-refractivity contribution in [1.82, 2.24) is 4.31 Å². The fourth-order valence-electron chi connectivity index (χ4n) is 3.12. The summed E-state index contributed by atoms with van der Waals surface area (Å²) in [4.78, 5) is 23.3. The van der Waals surface area contributed by atoms with Gasteiger partial charge in [-0.25, -0.2) is 8.42 Å². The molecule has 0 heterocycles. The first-order valence-corrected chi connectivity index (χ1v) is 11.4. The number of aryl methyl sites for hydroxylation is 1. The molecular weight excluding hydrogens is 446 g/mol. The molecule has 3 rings (SSSR count). The number of sulfonamides is 1. The number of methoxy groups -OCH3 is 1. The maximum atomic E-state index is 13.3. The molecule has 3 aromatic rings. The number of carbonyl (C=O) groups excluding carboxylic acids is 1. The molecule has 172 valence electrons. The van der Waals surface area contributed by atoms with E-state index in [4.69, 9.17) is 4.74 Å². The molecule has 0 bridgehead atoms. The van der Waals surface area contributed by atoms with E-state index in [1.807, 2.05) is 13.0 Å². The highest BCUT2D eigenvalue weighted by Gasteiger charge is 2.27. The van der Waals surface area contributed by atoms with Crippen LogP contribution >= 0.6 is 0 Å². The summed E-state index contributed by atoms with van der Waals surface area (Å²) in [6.45, 7) is 1.37. The molecule has 0 aliphatic carbocycles. The van der Waals surface area contributed by atoms with Crippen molar-refractivity contribution in [2.75, 3.05) is 19.0 Å². The summed E-state index contributed by atoms with van der Waals surface area (Å²) in [6.07, 6.45) is 0. The maximum absolute atomic E-state index is 13.3. The number of anilines is 1. The van der Waals surface area contributed by atoms with Crippen LogP contribution in [0.15, 0.2) is 77.7 Å². The molecule has 1 amide bonds. The third-order valence-corrected chi connectivity index (χ3v) is 6.66. The lowest BCUT2D eigenvalue weighted by atomic mass is 10.2. The van der Waals surface area contributed by atoms with Gasteiger partial charge >= 0.3 is 0 Å². The number of carbonyl (C=O) groups is 1. The van der Waals surface area contributed by atoms with Gasteiger partial charge in [-0.2, -0.15) is 4.31 Å². The number of nitrogens with zero attached hydrogens (tertiary/aromatic N) is 2. The van der Waals surface area contributed by atoms with Crippen LogP contribution in [0.4, 0.5) is 11.4 Å². The average Bonchev–Trinajstić information content (AvgIpc) is 2.79. The lowest BCUT2D eigenvalue weighted by molar-refractivity contribution is -0.384. The molecule has 0 saturated heterocycles. The van der Waals surface area contributed by atoms with Gasteiger partial charge in [-0.15, -0.1) is 0 Å². The molecule has 0 fully saturated rings. The van der Waals surface area contributed by atoms with Gasteiger partial charge in [0.2, 0.25) is 15.9 Å². The van der Waals surface area contributed by atoms with E-state index < -0.39 is 27.4 Å². The molecule has 0 atom stereocenters. The summed E-state index contributed by atoms with van der Waals surface area (Å²) >= 11 is 0. The number of hydrogen-bond acceptors (Lipinski definition) is 6. The second-order valence-corrected chi connectivity index (χ2v) is 9.20. The highest BCUT2D eigenvalue weighted by atomic mass is 32.2. The van der Waals surface area contributed by atoms with Crippen LogP contribution in [-0.4, -0.2) is 37.2 Å². The average molecular weight is 470 g/mol. The Labute approximate surface area is 191 Å². The number of non-ortho nitro benzene ring substituents is 1. The summed E-state index contributed by atoms with van der Waals surface area (Å²) in [6, 6.07) is 19.1. The zero-order chi connectivity index (χ0) is 24.0. The quantitative estimate of drug-likeness (QED) is 0.377. The van der Waals surface area contributed by atoms with Crippen LogP contribution in [0.25, 0.3) is 0 Å². The molecule has 0 saturated carbocycles. The smallest absolute Gasteiger partial charge is 0.273 e. The van der Waals surface area contributed by atoms with E-state index in [9.17, 15) is 23.3 Å². The van der Waals surface area contributed by atoms with E-state index in [2.05, 4.69) is 5.32 Å². The molecule has 0 radical (unpaired) electrons. The Morgan fingerprint density at radius 2 is 1.73 bits per heavy atom. The van der Waals surface area contributed by atoms with E-state index in [1.54, 1.807) is 36.4 Å². The predicted molar refractivity (Wildman–Crippen MR) is 123 cm³/mol. The van der Waals surface area contributed by atoms with Crippen LogP contribution in [0.3, 0.4) is 0 Å².